The van der Waals surface area contributed by atoms with Gasteiger partial charge in [0.25, 0.3) is 5.95 Å². The van der Waals surface area contributed by atoms with Crippen LogP contribution in [0.15, 0.2) is 0 Å². The molecule has 0 amide bonds. The minimum absolute atomic E-state index is 0.195. The molecule has 0 atom stereocenters. The summed E-state index contributed by atoms with van der Waals surface area (Å²) in [4.78, 5) is 16.8. The Balaban J connectivity index is 2.50. The second kappa shape index (κ2) is 6.24. The van der Waals surface area contributed by atoms with Crippen molar-refractivity contribution in [1.29, 1.82) is 0 Å². The Kier molecular flexibility index (Phi) is 4.41. The largest absolute Gasteiger partial charge is 0.464 e. The lowest BCUT2D eigenvalue weighted by atomic mass is 10.4. The predicted molar refractivity (Wildman–Crippen MR) is 72.5 cm³/mol. The third-order valence-corrected chi connectivity index (χ3v) is 2.55. The molecule has 108 valence electrons. The first-order valence-electron chi connectivity index (χ1n) is 6.52. The third-order valence-electron chi connectivity index (χ3n) is 2.55. The third kappa shape index (κ3) is 2.82. The second-order valence-electron chi connectivity index (χ2n) is 3.88. The number of aryl methyl sites for hydroxylation is 2. The van der Waals surface area contributed by atoms with Crippen LogP contribution in [0.5, 0.6) is 6.01 Å². The summed E-state index contributed by atoms with van der Waals surface area (Å²) >= 11 is 0. The Hall–Kier alpha value is -2.29. The first kappa shape index (κ1) is 14.1. The summed E-state index contributed by atoms with van der Waals surface area (Å²) in [6, 6.07) is 0.195. The Morgan fingerprint density at radius 2 is 1.90 bits per heavy atom. The number of nitrogens with two attached hydrogens (primary N) is 1. The van der Waals surface area contributed by atoms with E-state index in [1.165, 1.54) is 0 Å². The van der Waals surface area contributed by atoms with Gasteiger partial charge in [0.15, 0.2) is 5.82 Å². The molecule has 0 bridgehead atoms. The van der Waals surface area contributed by atoms with Crippen molar-refractivity contribution >= 4 is 5.95 Å². The van der Waals surface area contributed by atoms with E-state index in [4.69, 9.17) is 10.6 Å². The van der Waals surface area contributed by atoms with Crippen LogP contribution in [0.3, 0.4) is 0 Å². The van der Waals surface area contributed by atoms with Gasteiger partial charge in [-0.2, -0.15) is 19.6 Å². The molecule has 9 nitrogen and oxygen atoms in total. The van der Waals surface area contributed by atoms with Crippen LogP contribution in [0.25, 0.3) is 5.95 Å². The van der Waals surface area contributed by atoms with Crippen molar-refractivity contribution in [1.82, 2.24) is 29.7 Å². The van der Waals surface area contributed by atoms with Gasteiger partial charge in [-0.15, -0.1) is 5.10 Å². The van der Waals surface area contributed by atoms with Crippen LogP contribution in [0, 0.1) is 0 Å². The minimum Gasteiger partial charge on any atom is -0.464 e. The van der Waals surface area contributed by atoms with Gasteiger partial charge in [0.2, 0.25) is 5.95 Å². The van der Waals surface area contributed by atoms with Crippen LogP contribution < -0.4 is 16.0 Å². The summed E-state index contributed by atoms with van der Waals surface area (Å²) in [6.45, 7) is 6.28. The highest BCUT2D eigenvalue weighted by molar-refractivity contribution is 5.29. The Bertz CT molecular complexity index is 582. The summed E-state index contributed by atoms with van der Waals surface area (Å²) in [6.07, 6.45) is 1.46. The molecule has 0 aromatic carbocycles. The average molecular weight is 278 g/mol. The van der Waals surface area contributed by atoms with E-state index >= 15 is 0 Å². The number of nitrogens with zero attached hydrogens (tertiary/aromatic N) is 6. The van der Waals surface area contributed by atoms with E-state index in [0.717, 1.165) is 18.1 Å². The van der Waals surface area contributed by atoms with Crippen LogP contribution in [0.4, 0.5) is 5.95 Å². The average Bonchev–Trinajstić information content (AvgIpc) is 2.90. The molecule has 2 aromatic rings. The van der Waals surface area contributed by atoms with E-state index in [-0.39, 0.29) is 12.0 Å². The highest BCUT2D eigenvalue weighted by atomic mass is 16.5. The molecule has 3 N–H and O–H groups in total. The van der Waals surface area contributed by atoms with Gasteiger partial charge in [-0.25, -0.2) is 10.8 Å². The molecule has 20 heavy (non-hydrogen) atoms. The summed E-state index contributed by atoms with van der Waals surface area (Å²) in [5, 5.41) is 4.38. The van der Waals surface area contributed by atoms with Gasteiger partial charge >= 0.3 is 6.01 Å². The molecule has 9 heteroatoms. The number of nitrogen functional groups attached to an aromatic ring is 1. The fraction of sp³-hybridized carbons (Fsp3) is 0.545. The minimum atomic E-state index is 0.195. The van der Waals surface area contributed by atoms with Gasteiger partial charge in [-0.1, -0.05) is 13.8 Å². The second-order valence-corrected chi connectivity index (χ2v) is 3.88. The Labute approximate surface area is 116 Å². The number of ether oxygens (including phenoxy) is 1. The smallest absolute Gasteiger partial charge is 0.323 e. The Morgan fingerprint density at radius 3 is 2.50 bits per heavy atom. The van der Waals surface area contributed by atoms with Crippen molar-refractivity contribution in [3.63, 3.8) is 0 Å². The molecule has 2 rings (SSSR count). The van der Waals surface area contributed by atoms with Gasteiger partial charge in [0.1, 0.15) is 5.82 Å². The molecule has 2 heterocycles. The quantitative estimate of drug-likeness (QED) is 0.571. The van der Waals surface area contributed by atoms with Crippen LogP contribution in [-0.2, 0) is 12.8 Å². The standard InChI is InChI=1S/C11H18N8O/c1-4-7-13-8(5-2)19(18-7)10-14-9(17-12)15-11(16-10)20-6-3/h4-6,12H2,1-3H3,(H,14,15,16,17). The van der Waals surface area contributed by atoms with Crippen LogP contribution in [0.2, 0.25) is 0 Å². The Morgan fingerprint density at radius 1 is 1.10 bits per heavy atom. The fourth-order valence-corrected chi connectivity index (χ4v) is 1.63. The van der Waals surface area contributed by atoms with Crippen LogP contribution in [-0.4, -0.2) is 36.3 Å². The highest BCUT2D eigenvalue weighted by Gasteiger charge is 2.14. The van der Waals surface area contributed by atoms with Gasteiger partial charge in [-0.05, 0) is 6.92 Å². The number of hydrogen-bond acceptors (Lipinski definition) is 8. The first-order valence-corrected chi connectivity index (χ1v) is 6.52. The normalized spacial score (nSPS) is 10.6. The van der Waals surface area contributed by atoms with Gasteiger partial charge in [-0.3, -0.25) is 5.43 Å². The molecule has 0 spiro atoms. The SMILES string of the molecule is CCOc1nc(NN)nc(-n2nc(CC)nc2CC)n1. The van der Waals surface area contributed by atoms with E-state index in [1.54, 1.807) is 4.68 Å². The van der Waals surface area contributed by atoms with Gasteiger partial charge in [0.05, 0.1) is 6.61 Å². The lowest BCUT2D eigenvalue weighted by molar-refractivity contribution is 0.311. The van der Waals surface area contributed by atoms with Crippen molar-refractivity contribution in [3.8, 4) is 12.0 Å². The molecule has 2 aromatic heterocycles. The summed E-state index contributed by atoms with van der Waals surface area (Å²) in [7, 11) is 0. The van der Waals surface area contributed by atoms with Crippen molar-refractivity contribution in [2.45, 2.75) is 33.6 Å². The molecule has 0 radical (unpaired) electrons. The van der Waals surface area contributed by atoms with Crippen molar-refractivity contribution in [3.05, 3.63) is 11.6 Å². The lowest BCUT2D eigenvalue weighted by Crippen LogP contribution is -2.16. The molecule has 0 aliphatic carbocycles. The van der Waals surface area contributed by atoms with Crippen molar-refractivity contribution in [2.24, 2.45) is 5.84 Å². The molecular weight excluding hydrogens is 260 g/mol. The van der Waals surface area contributed by atoms with E-state index in [9.17, 15) is 0 Å². The number of hydrazine groups is 1. The number of rotatable bonds is 6. The zero-order valence-corrected chi connectivity index (χ0v) is 11.8. The van der Waals surface area contributed by atoms with Crippen molar-refractivity contribution < 1.29 is 4.74 Å². The van der Waals surface area contributed by atoms with E-state index in [0.29, 0.717) is 19.0 Å². The maximum Gasteiger partial charge on any atom is 0.323 e. The zero-order valence-electron chi connectivity index (χ0n) is 11.8. The molecule has 0 saturated carbocycles. The summed E-state index contributed by atoms with van der Waals surface area (Å²) in [5.41, 5.74) is 2.39. The maximum atomic E-state index is 5.36. The number of aromatic nitrogens is 6. The molecule has 0 saturated heterocycles. The molecule has 0 aliphatic rings. The van der Waals surface area contributed by atoms with Crippen molar-refractivity contribution in [2.75, 3.05) is 12.0 Å². The topological polar surface area (TPSA) is 117 Å². The zero-order chi connectivity index (χ0) is 14.5. The summed E-state index contributed by atoms with van der Waals surface area (Å²) in [5.74, 6) is 7.43. The van der Waals surface area contributed by atoms with Gasteiger partial charge in [0, 0.05) is 12.8 Å². The van der Waals surface area contributed by atoms with E-state index in [2.05, 4.69) is 30.5 Å². The highest BCUT2D eigenvalue weighted by Crippen LogP contribution is 2.12. The van der Waals surface area contributed by atoms with Gasteiger partial charge < -0.3 is 4.74 Å². The molecular formula is C11H18N8O. The monoisotopic (exact) mass is 278 g/mol. The predicted octanol–water partition coefficient (Wildman–Crippen LogP) is 0.261. The number of hydrogen-bond donors (Lipinski definition) is 2. The van der Waals surface area contributed by atoms with E-state index < -0.39 is 0 Å². The molecule has 0 fully saturated rings. The number of anilines is 1. The van der Waals surface area contributed by atoms with E-state index in [1.807, 2.05) is 20.8 Å². The van der Waals surface area contributed by atoms with Crippen LogP contribution >= 0.6 is 0 Å². The fourth-order valence-electron chi connectivity index (χ4n) is 1.63. The first-order chi connectivity index (χ1) is 9.71. The lowest BCUT2D eigenvalue weighted by Gasteiger charge is -2.07. The summed E-state index contributed by atoms with van der Waals surface area (Å²) < 4.78 is 6.89. The molecule has 0 unspecified atom stereocenters. The molecule has 0 aliphatic heterocycles. The maximum absolute atomic E-state index is 5.36. The van der Waals surface area contributed by atoms with Crippen LogP contribution in [0.1, 0.15) is 32.4 Å². The number of nitrogens with one attached hydrogen (secondary N) is 1.